The number of benzene rings is 1. The summed E-state index contributed by atoms with van der Waals surface area (Å²) >= 11 is 5.88. The van der Waals surface area contributed by atoms with E-state index in [4.69, 9.17) is 21.1 Å². The highest BCUT2D eigenvalue weighted by molar-refractivity contribution is 6.31. The summed E-state index contributed by atoms with van der Waals surface area (Å²) in [6.45, 7) is 0.859. The number of halogens is 1. The highest BCUT2D eigenvalue weighted by atomic mass is 35.5. The summed E-state index contributed by atoms with van der Waals surface area (Å²) in [6, 6.07) is 4.48. The van der Waals surface area contributed by atoms with Crippen molar-refractivity contribution >= 4 is 23.3 Å². The third-order valence-electron chi connectivity index (χ3n) is 3.07. The van der Waals surface area contributed by atoms with Crippen LogP contribution in [0.4, 0.5) is 10.5 Å². The number of carbonyl (C=O) groups excluding carboxylic acids is 1. The third kappa shape index (κ3) is 3.75. The van der Waals surface area contributed by atoms with Crippen LogP contribution in [0.1, 0.15) is 6.42 Å². The quantitative estimate of drug-likeness (QED) is 0.789. The molecule has 1 aliphatic rings. The molecule has 0 spiro atoms. The number of nitrogens with one attached hydrogen (secondary N) is 2. The Morgan fingerprint density at radius 3 is 3.05 bits per heavy atom. The minimum atomic E-state index is -0.990. The molecule has 1 saturated heterocycles. The predicted octanol–water partition coefficient (Wildman–Crippen LogP) is 1.62. The molecule has 1 atom stereocenters. The zero-order valence-electron chi connectivity index (χ0n) is 11.1. The molecule has 1 aromatic carbocycles. The minimum absolute atomic E-state index is 0.127. The molecule has 0 aliphatic carbocycles. The molecule has 0 radical (unpaired) electrons. The first-order valence-electron chi connectivity index (χ1n) is 6.21. The van der Waals surface area contributed by atoms with Crippen molar-refractivity contribution in [3.8, 4) is 5.75 Å². The van der Waals surface area contributed by atoms with Gasteiger partial charge in [-0.1, -0.05) is 11.6 Å². The molecule has 0 unspecified atom stereocenters. The minimum Gasteiger partial charge on any atom is -0.495 e. The normalized spacial score (nSPS) is 21.6. The van der Waals surface area contributed by atoms with E-state index < -0.39 is 11.6 Å². The number of anilines is 1. The molecule has 0 aromatic heterocycles. The van der Waals surface area contributed by atoms with Crippen LogP contribution in [0.5, 0.6) is 5.75 Å². The second kappa shape index (κ2) is 6.30. The van der Waals surface area contributed by atoms with Gasteiger partial charge in [-0.25, -0.2) is 4.79 Å². The van der Waals surface area contributed by atoms with Crippen LogP contribution >= 0.6 is 11.6 Å². The Morgan fingerprint density at radius 2 is 2.40 bits per heavy atom. The second-order valence-electron chi connectivity index (χ2n) is 4.68. The number of amides is 2. The molecule has 3 N–H and O–H groups in total. The summed E-state index contributed by atoms with van der Waals surface area (Å²) in [6.07, 6.45) is 0.508. The van der Waals surface area contributed by atoms with E-state index in [9.17, 15) is 9.90 Å². The van der Waals surface area contributed by atoms with E-state index in [1.54, 1.807) is 18.2 Å². The highest BCUT2D eigenvalue weighted by Gasteiger charge is 2.32. The number of rotatable bonds is 4. The van der Waals surface area contributed by atoms with E-state index in [0.717, 1.165) is 0 Å². The predicted molar refractivity (Wildman–Crippen MR) is 75.4 cm³/mol. The van der Waals surface area contributed by atoms with Gasteiger partial charge in [0, 0.05) is 18.1 Å². The van der Waals surface area contributed by atoms with Gasteiger partial charge in [-0.3, -0.25) is 0 Å². The van der Waals surface area contributed by atoms with Gasteiger partial charge in [0.25, 0.3) is 0 Å². The van der Waals surface area contributed by atoms with Crippen LogP contribution in [0.2, 0.25) is 5.02 Å². The third-order valence-corrected chi connectivity index (χ3v) is 3.31. The van der Waals surface area contributed by atoms with Crippen molar-refractivity contribution < 1.29 is 19.4 Å². The van der Waals surface area contributed by atoms with Crippen LogP contribution in [-0.2, 0) is 4.74 Å². The van der Waals surface area contributed by atoms with Crippen molar-refractivity contribution in [2.45, 2.75) is 12.0 Å². The average molecular weight is 301 g/mol. The molecule has 20 heavy (non-hydrogen) atoms. The lowest BCUT2D eigenvalue weighted by Gasteiger charge is -2.21. The van der Waals surface area contributed by atoms with Gasteiger partial charge in [0.1, 0.15) is 11.4 Å². The summed E-state index contributed by atoms with van der Waals surface area (Å²) in [4.78, 5) is 11.8. The number of aliphatic hydroxyl groups is 1. The number of carbonyl (C=O) groups is 1. The van der Waals surface area contributed by atoms with Crippen LogP contribution in [0.25, 0.3) is 0 Å². The lowest BCUT2D eigenvalue weighted by atomic mass is 10.0. The fourth-order valence-corrected chi connectivity index (χ4v) is 2.10. The molecule has 1 aliphatic heterocycles. The van der Waals surface area contributed by atoms with Gasteiger partial charge in [-0.05, 0) is 18.2 Å². The first kappa shape index (κ1) is 14.9. The standard InChI is InChI=1S/C13H17ClN2O4/c1-19-11-3-2-9(14)6-10(11)16-12(17)15-7-13(18)4-5-20-8-13/h2-3,6,18H,4-5,7-8H2,1H3,(H2,15,16,17)/t13-/m0/s1. The summed E-state index contributed by atoms with van der Waals surface area (Å²) < 4.78 is 10.2. The van der Waals surface area contributed by atoms with Gasteiger partial charge in [0.15, 0.2) is 0 Å². The first-order chi connectivity index (χ1) is 9.52. The Hall–Kier alpha value is -1.50. The van der Waals surface area contributed by atoms with Crippen LogP contribution in [0, 0.1) is 0 Å². The smallest absolute Gasteiger partial charge is 0.319 e. The molecule has 6 nitrogen and oxygen atoms in total. The summed E-state index contributed by atoms with van der Waals surface area (Å²) in [5.74, 6) is 0.507. The van der Waals surface area contributed by atoms with E-state index in [1.165, 1.54) is 7.11 Å². The van der Waals surface area contributed by atoms with Crippen LogP contribution < -0.4 is 15.4 Å². The largest absolute Gasteiger partial charge is 0.495 e. The van der Waals surface area contributed by atoms with Gasteiger partial charge in [-0.15, -0.1) is 0 Å². The number of hydrogen-bond acceptors (Lipinski definition) is 4. The zero-order valence-corrected chi connectivity index (χ0v) is 11.9. The van der Waals surface area contributed by atoms with Gasteiger partial charge in [-0.2, -0.15) is 0 Å². The number of urea groups is 1. The highest BCUT2D eigenvalue weighted by Crippen LogP contribution is 2.27. The number of hydrogen-bond donors (Lipinski definition) is 3. The van der Waals surface area contributed by atoms with E-state index in [0.29, 0.717) is 29.5 Å². The second-order valence-corrected chi connectivity index (χ2v) is 5.12. The van der Waals surface area contributed by atoms with Crippen LogP contribution in [-0.4, -0.2) is 43.6 Å². The van der Waals surface area contributed by atoms with Crippen molar-refractivity contribution in [1.82, 2.24) is 5.32 Å². The summed E-state index contributed by atoms with van der Waals surface area (Å²) in [5, 5.41) is 15.8. The monoisotopic (exact) mass is 300 g/mol. The van der Waals surface area contributed by atoms with Crippen molar-refractivity contribution in [2.75, 3.05) is 32.2 Å². The molecule has 0 bridgehead atoms. The average Bonchev–Trinajstić information content (AvgIpc) is 2.84. The molecule has 1 fully saturated rings. The van der Waals surface area contributed by atoms with Crippen LogP contribution in [0.3, 0.4) is 0 Å². The Labute approximate surface area is 122 Å². The number of methoxy groups -OCH3 is 1. The summed E-state index contributed by atoms with van der Waals surface area (Å²) in [7, 11) is 1.50. The van der Waals surface area contributed by atoms with Gasteiger partial charge >= 0.3 is 6.03 Å². The topological polar surface area (TPSA) is 79.8 Å². The van der Waals surface area contributed by atoms with E-state index in [2.05, 4.69) is 10.6 Å². The maximum atomic E-state index is 11.8. The molecule has 110 valence electrons. The number of ether oxygens (including phenoxy) is 2. The van der Waals surface area contributed by atoms with Gasteiger partial charge < -0.3 is 25.2 Å². The Morgan fingerprint density at radius 1 is 1.60 bits per heavy atom. The fourth-order valence-electron chi connectivity index (χ4n) is 1.93. The van der Waals surface area contributed by atoms with Crippen molar-refractivity contribution in [1.29, 1.82) is 0 Å². The van der Waals surface area contributed by atoms with Crippen molar-refractivity contribution in [3.63, 3.8) is 0 Å². The van der Waals surface area contributed by atoms with E-state index in [-0.39, 0.29) is 13.2 Å². The lowest BCUT2D eigenvalue weighted by molar-refractivity contribution is 0.0295. The fraction of sp³-hybridized carbons (Fsp3) is 0.462. The van der Waals surface area contributed by atoms with E-state index >= 15 is 0 Å². The first-order valence-corrected chi connectivity index (χ1v) is 6.59. The molecule has 1 aromatic rings. The maximum absolute atomic E-state index is 11.8. The van der Waals surface area contributed by atoms with Crippen molar-refractivity contribution in [2.24, 2.45) is 0 Å². The molecule has 2 rings (SSSR count). The Kier molecular flexibility index (Phi) is 4.69. The van der Waals surface area contributed by atoms with Crippen LogP contribution in [0.15, 0.2) is 18.2 Å². The molecule has 7 heteroatoms. The molecular formula is C13H17ClN2O4. The SMILES string of the molecule is COc1ccc(Cl)cc1NC(=O)NC[C@@]1(O)CCOC1. The lowest BCUT2D eigenvalue weighted by Crippen LogP contribution is -2.44. The molecule has 1 heterocycles. The Balaban J connectivity index is 1.92. The van der Waals surface area contributed by atoms with Gasteiger partial charge in [0.05, 0.1) is 25.9 Å². The van der Waals surface area contributed by atoms with Gasteiger partial charge in [0.2, 0.25) is 0 Å². The zero-order chi connectivity index (χ0) is 14.6. The Bertz CT molecular complexity index is 489. The van der Waals surface area contributed by atoms with E-state index in [1.807, 2.05) is 0 Å². The van der Waals surface area contributed by atoms with Crippen molar-refractivity contribution in [3.05, 3.63) is 23.2 Å². The maximum Gasteiger partial charge on any atom is 0.319 e. The molecule has 2 amide bonds. The molecule has 0 saturated carbocycles. The molecular weight excluding hydrogens is 284 g/mol. The summed E-state index contributed by atoms with van der Waals surface area (Å²) in [5.41, 5.74) is -0.525.